The molecule has 0 saturated heterocycles. The van der Waals surface area contributed by atoms with Crippen molar-refractivity contribution in [3.05, 3.63) is 18.7 Å². The minimum Gasteiger partial charge on any atom is -0.395 e. The number of rotatable bonds is 5. The zero-order valence-corrected chi connectivity index (χ0v) is 10.9. The number of thioether (sulfide) groups is 1. The van der Waals surface area contributed by atoms with E-state index in [0.717, 1.165) is 0 Å². The summed E-state index contributed by atoms with van der Waals surface area (Å²) in [5.74, 6) is 0.987. The first-order valence-electron chi connectivity index (χ1n) is 5.42. The van der Waals surface area contributed by atoms with Crippen molar-refractivity contribution in [1.82, 2.24) is 24.5 Å². The first-order valence-corrected chi connectivity index (χ1v) is 6.30. The summed E-state index contributed by atoms with van der Waals surface area (Å²) in [5, 5.41) is 12.5. The Morgan fingerprint density at radius 3 is 2.89 bits per heavy atom. The molecule has 0 radical (unpaired) electrons. The molecule has 0 amide bonds. The Morgan fingerprint density at radius 1 is 1.44 bits per heavy atom. The van der Waals surface area contributed by atoms with Crippen molar-refractivity contribution in [2.45, 2.75) is 17.3 Å². The van der Waals surface area contributed by atoms with Crippen molar-refractivity contribution >= 4 is 17.7 Å². The number of imidazole rings is 1. The van der Waals surface area contributed by atoms with Gasteiger partial charge in [0.15, 0.2) is 5.16 Å². The minimum atomic E-state index is 0.0349. The zero-order chi connectivity index (χ0) is 13.0. The molecule has 0 spiro atoms. The molecule has 96 valence electrons. The van der Waals surface area contributed by atoms with Crippen molar-refractivity contribution in [2.24, 2.45) is 0 Å². The van der Waals surface area contributed by atoms with E-state index in [1.807, 2.05) is 6.92 Å². The maximum atomic E-state index is 9.05. The van der Waals surface area contributed by atoms with Crippen LogP contribution in [0, 0.1) is 0 Å². The summed E-state index contributed by atoms with van der Waals surface area (Å²) in [6.07, 6.45) is 5.05. The van der Waals surface area contributed by atoms with Gasteiger partial charge in [-0.05, 0) is 0 Å². The molecular formula is C10H14N6OS. The largest absolute Gasteiger partial charge is 0.395 e. The average Bonchev–Trinajstić information content (AvgIpc) is 2.92. The summed E-state index contributed by atoms with van der Waals surface area (Å²) in [4.78, 5) is 16.8. The Kier molecular flexibility index (Phi) is 4.11. The van der Waals surface area contributed by atoms with E-state index in [4.69, 9.17) is 5.11 Å². The second-order valence-electron chi connectivity index (χ2n) is 3.57. The summed E-state index contributed by atoms with van der Waals surface area (Å²) >= 11 is 1.40. The smallest absolute Gasteiger partial charge is 0.240 e. The number of nitrogens with one attached hydrogen (secondary N) is 1. The Labute approximate surface area is 109 Å². The average molecular weight is 266 g/mol. The van der Waals surface area contributed by atoms with Gasteiger partial charge in [-0.2, -0.15) is 15.0 Å². The van der Waals surface area contributed by atoms with Crippen LogP contribution in [0.2, 0.25) is 0 Å². The van der Waals surface area contributed by atoms with Gasteiger partial charge in [0.25, 0.3) is 0 Å². The van der Waals surface area contributed by atoms with Gasteiger partial charge in [0.1, 0.15) is 6.33 Å². The molecule has 2 N–H and O–H groups in total. The maximum absolute atomic E-state index is 9.05. The first-order chi connectivity index (χ1) is 8.72. The fourth-order valence-corrected chi connectivity index (χ4v) is 1.93. The van der Waals surface area contributed by atoms with Gasteiger partial charge in [-0.25, -0.2) is 4.98 Å². The van der Waals surface area contributed by atoms with Crippen LogP contribution in [0.5, 0.6) is 0 Å². The number of aliphatic hydroxyl groups excluding tert-OH is 1. The van der Waals surface area contributed by atoms with Crippen LogP contribution in [0.25, 0.3) is 5.95 Å². The van der Waals surface area contributed by atoms with Gasteiger partial charge >= 0.3 is 0 Å². The third-order valence-corrected chi connectivity index (χ3v) is 3.07. The molecule has 0 aliphatic carbocycles. The van der Waals surface area contributed by atoms with Crippen molar-refractivity contribution < 1.29 is 5.11 Å². The lowest BCUT2D eigenvalue weighted by atomic mass is 10.5. The van der Waals surface area contributed by atoms with Gasteiger partial charge in [-0.3, -0.25) is 4.57 Å². The molecule has 2 aromatic heterocycles. The Hall–Kier alpha value is -1.67. The zero-order valence-electron chi connectivity index (χ0n) is 10.1. The summed E-state index contributed by atoms with van der Waals surface area (Å²) < 4.78 is 1.70. The number of hydrogen-bond donors (Lipinski definition) is 2. The molecule has 0 aromatic carbocycles. The fourth-order valence-electron chi connectivity index (χ4n) is 1.22. The molecule has 0 saturated carbocycles. The molecule has 0 aliphatic rings. The highest BCUT2D eigenvalue weighted by atomic mass is 32.2. The van der Waals surface area contributed by atoms with E-state index >= 15 is 0 Å². The first kappa shape index (κ1) is 12.8. The standard InChI is InChI=1S/C10H14N6OS/c1-7(5-17)18-10-14-8(11-2)13-9(15-10)16-4-3-12-6-16/h3-4,6-7,17H,5H2,1-2H3,(H,11,13,14,15). The molecule has 1 unspecified atom stereocenters. The van der Waals surface area contributed by atoms with Crippen molar-refractivity contribution in [3.63, 3.8) is 0 Å². The van der Waals surface area contributed by atoms with E-state index in [1.54, 1.807) is 30.3 Å². The molecule has 0 aliphatic heterocycles. The van der Waals surface area contributed by atoms with Crippen LogP contribution >= 0.6 is 11.8 Å². The van der Waals surface area contributed by atoms with Gasteiger partial charge in [0.2, 0.25) is 11.9 Å². The third-order valence-electron chi connectivity index (χ3n) is 2.13. The lowest BCUT2D eigenvalue weighted by Gasteiger charge is -2.09. The normalized spacial score (nSPS) is 12.4. The van der Waals surface area contributed by atoms with Crippen molar-refractivity contribution in [2.75, 3.05) is 19.0 Å². The third kappa shape index (κ3) is 2.96. The van der Waals surface area contributed by atoms with Crippen LogP contribution < -0.4 is 5.32 Å². The molecule has 2 rings (SSSR count). The van der Waals surface area contributed by atoms with Crippen LogP contribution in [0.3, 0.4) is 0 Å². The molecular weight excluding hydrogens is 252 g/mol. The van der Waals surface area contributed by atoms with Crippen LogP contribution in [0.1, 0.15) is 6.92 Å². The second-order valence-corrected chi connectivity index (χ2v) is 4.98. The van der Waals surface area contributed by atoms with Gasteiger partial charge in [0, 0.05) is 24.7 Å². The van der Waals surface area contributed by atoms with E-state index < -0.39 is 0 Å². The molecule has 8 heteroatoms. The molecule has 7 nitrogen and oxygen atoms in total. The Bertz CT molecular complexity index is 503. The lowest BCUT2D eigenvalue weighted by Crippen LogP contribution is -2.09. The van der Waals surface area contributed by atoms with Crippen LogP contribution in [-0.2, 0) is 0 Å². The highest BCUT2D eigenvalue weighted by molar-refractivity contribution is 7.99. The summed E-state index contributed by atoms with van der Waals surface area (Å²) in [6.45, 7) is 1.98. The van der Waals surface area contributed by atoms with Gasteiger partial charge in [-0.15, -0.1) is 0 Å². The summed E-state index contributed by atoms with van der Waals surface area (Å²) in [7, 11) is 1.75. The number of anilines is 1. The summed E-state index contributed by atoms with van der Waals surface area (Å²) in [6, 6.07) is 0. The van der Waals surface area contributed by atoms with Crippen molar-refractivity contribution in [3.8, 4) is 5.95 Å². The molecule has 0 fully saturated rings. The van der Waals surface area contributed by atoms with Crippen molar-refractivity contribution in [1.29, 1.82) is 0 Å². The maximum Gasteiger partial charge on any atom is 0.240 e. The number of nitrogens with zero attached hydrogens (tertiary/aromatic N) is 5. The predicted molar refractivity (Wildman–Crippen MR) is 68.9 cm³/mol. The van der Waals surface area contributed by atoms with Crippen LogP contribution in [-0.4, -0.2) is 48.5 Å². The Balaban J connectivity index is 2.33. The fraction of sp³-hybridized carbons (Fsp3) is 0.400. The SMILES string of the molecule is CNc1nc(SC(C)CO)nc(-n2ccnc2)n1. The van der Waals surface area contributed by atoms with E-state index in [1.165, 1.54) is 11.8 Å². The monoisotopic (exact) mass is 266 g/mol. The molecule has 2 aromatic rings. The van der Waals surface area contributed by atoms with Crippen LogP contribution in [0.15, 0.2) is 23.9 Å². The molecule has 2 heterocycles. The van der Waals surface area contributed by atoms with E-state index in [2.05, 4.69) is 25.3 Å². The predicted octanol–water partition coefficient (Wildman–Crippen LogP) is 0.572. The highest BCUT2D eigenvalue weighted by Crippen LogP contribution is 2.20. The molecule has 0 bridgehead atoms. The number of aromatic nitrogens is 5. The van der Waals surface area contributed by atoms with Crippen LogP contribution in [0.4, 0.5) is 5.95 Å². The van der Waals surface area contributed by atoms with E-state index in [9.17, 15) is 0 Å². The Morgan fingerprint density at radius 2 is 2.28 bits per heavy atom. The van der Waals surface area contributed by atoms with E-state index in [-0.39, 0.29) is 11.9 Å². The second kappa shape index (κ2) is 5.78. The van der Waals surface area contributed by atoms with Gasteiger partial charge < -0.3 is 10.4 Å². The number of hydrogen-bond acceptors (Lipinski definition) is 7. The van der Waals surface area contributed by atoms with E-state index in [0.29, 0.717) is 17.1 Å². The van der Waals surface area contributed by atoms with Gasteiger partial charge in [-0.1, -0.05) is 18.7 Å². The highest BCUT2D eigenvalue weighted by Gasteiger charge is 2.10. The quantitative estimate of drug-likeness (QED) is 0.765. The minimum absolute atomic E-state index is 0.0349. The molecule has 18 heavy (non-hydrogen) atoms. The summed E-state index contributed by atoms with van der Waals surface area (Å²) in [5.41, 5.74) is 0. The molecule has 1 atom stereocenters. The lowest BCUT2D eigenvalue weighted by molar-refractivity contribution is 0.300. The van der Waals surface area contributed by atoms with Gasteiger partial charge in [0.05, 0.1) is 6.61 Å². The number of aliphatic hydroxyl groups is 1. The topological polar surface area (TPSA) is 88.8 Å².